The summed E-state index contributed by atoms with van der Waals surface area (Å²) in [6.45, 7) is 0. The van der Waals surface area contributed by atoms with E-state index in [0.29, 0.717) is 5.69 Å². The molecule has 2 aliphatic rings. The van der Waals surface area contributed by atoms with Crippen LogP contribution in [0.25, 0.3) is 0 Å². The first-order chi connectivity index (χ1) is 10.6. The van der Waals surface area contributed by atoms with E-state index < -0.39 is 11.7 Å². The Kier molecular flexibility index (Phi) is 3.66. The van der Waals surface area contributed by atoms with Gasteiger partial charge in [0.15, 0.2) is 11.6 Å². The summed E-state index contributed by atoms with van der Waals surface area (Å²) in [5, 5.41) is 2.63. The molecule has 0 bridgehead atoms. The van der Waals surface area contributed by atoms with E-state index in [1.54, 1.807) is 12.1 Å². The predicted octanol–water partition coefficient (Wildman–Crippen LogP) is 2.47. The average Bonchev–Trinajstić information content (AvgIpc) is 3.05. The molecule has 1 aromatic rings. The number of nitrogens with one attached hydrogen (secondary N) is 1. The molecule has 0 fully saturated rings. The molecule has 0 spiro atoms. The van der Waals surface area contributed by atoms with E-state index in [1.165, 1.54) is 0 Å². The van der Waals surface area contributed by atoms with Gasteiger partial charge in [-0.3, -0.25) is 14.4 Å². The Balaban J connectivity index is 1.72. The second-order valence-corrected chi connectivity index (χ2v) is 5.03. The number of ketones is 2. The van der Waals surface area contributed by atoms with Gasteiger partial charge in [0, 0.05) is 17.7 Å². The van der Waals surface area contributed by atoms with Crippen LogP contribution in [0.2, 0.25) is 0 Å². The van der Waals surface area contributed by atoms with Crippen LogP contribution in [0.5, 0.6) is 0 Å². The molecule has 0 saturated heterocycles. The molecule has 22 heavy (non-hydrogen) atoms. The van der Waals surface area contributed by atoms with Crippen molar-refractivity contribution in [1.82, 2.24) is 0 Å². The second-order valence-electron chi connectivity index (χ2n) is 5.03. The molecule has 0 unspecified atom stereocenters. The van der Waals surface area contributed by atoms with Crippen molar-refractivity contribution in [3.63, 3.8) is 0 Å². The molecule has 108 valence electrons. The van der Waals surface area contributed by atoms with E-state index in [-0.39, 0.29) is 17.3 Å². The molecule has 1 N–H and O–H groups in total. The van der Waals surface area contributed by atoms with Gasteiger partial charge in [-0.2, -0.15) is 0 Å². The maximum atomic E-state index is 12.1. The highest BCUT2D eigenvalue weighted by Crippen LogP contribution is 2.24. The predicted molar refractivity (Wildman–Crippen MR) is 83.3 cm³/mol. The van der Waals surface area contributed by atoms with Gasteiger partial charge in [-0.05, 0) is 29.8 Å². The molecule has 1 aromatic carbocycles. The van der Waals surface area contributed by atoms with E-state index in [9.17, 15) is 14.4 Å². The minimum absolute atomic E-state index is 0.141. The zero-order valence-electron chi connectivity index (χ0n) is 11.7. The van der Waals surface area contributed by atoms with Crippen molar-refractivity contribution in [2.75, 3.05) is 5.32 Å². The molecule has 3 rings (SSSR count). The Hall–Kier alpha value is -3.01. The van der Waals surface area contributed by atoms with E-state index in [1.807, 2.05) is 24.3 Å². The molecule has 0 aliphatic heterocycles. The van der Waals surface area contributed by atoms with Crippen LogP contribution in [-0.2, 0) is 14.4 Å². The molecular formula is C18H13NO3. The third-order valence-electron chi connectivity index (χ3n) is 3.50. The van der Waals surface area contributed by atoms with E-state index in [2.05, 4.69) is 17.5 Å². The molecule has 4 heteroatoms. The third kappa shape index (κ3) is 2.86. The lowest BCUT2D eigenvalue weighted by Crippen LogP contribution is -2.22. The van der Waals surface area contributed by atoms with Gasteiger partial charge in [-0.25, -0.2) is 0 Å². The molecule has 0 radical (unpaired) electrons. The smallest absolute Gasteiger partial charge is 0.259 e. The van der Waals surface area contributed by atoms with Gasteiger partial charge in [0.1, 0.15) is 0 Å². The van der Waals surface area contributed by atoms with Gasteiger partial charge in [0.2, 0.25) is 0 Å². The van der Waals surface area contributed by atoms with Crippen LogP contribution in [0.3, 0.4) is 0 Å². The zero-order chi connectivity index (χ0) is 15.5. The molecule has 0 aromatic heterocycles. The summed E-state index contributed by atoms with van der Waals surface area (Å²) < 4.78 is 0. The summed E-state index contributed by atoms with van der Waals surface area (Å²) in [6, 6.07) is 7.39. The molecule has 0 atom stereocenters. The van der Waals surface area contributed by atoms with Gasteiger partial charge in [-0.15, -0.1) is 0 Å². The number of anilines is 1. The quantitative estimate of drug-likeness (QED) is 0.687. The van der Waals surface area contributed by atoms with Gasteiger partial charge < -0.3 is 5.32 Å². The van der Waals surface area contributed by atoms with Gasteiger partial charge in [0.05, 0.1) is 5.57 Å². The number of carbonyl (C=O) groups excluding carboxylic acids is 3. The van der Waals surface area contributed by atoms with E-state index in [0.717, 1.165) is 23.8 Å². The SMILES string of the molecule is O=C1C=CC(=O)C(C(=O)Nc2ccc(C3C=CC=C3)cc2)=C1. The molecule has 0 saturated carbocycles. The van der Waals surface area contributed by atoms with Crippen molar-refractivity contribution in [1.29, 1.82) is 0 Å². The molecule has 4 nitrogen and oxygen atoms in total. The van der Waals surface area contributed by atoms with Crippen LogP contribution in [-0.4, -0.2) is 17.5 Å². The van der Waals surface area contributed by atoms with Crippen molar-refractivity contribution in [3.8, 4) is 0 Å². The van der Waals surface area contributed by atoms with Gasteiger partial charge >= 0.3 is 0 Å². The van der Waals surface area contributed by atoms with Crippen molar-refractivity contribution < 1.29 is 14.4 Å². The fraction of sp³-hybridized carbons (Fsp3) is 0.0556. The van der Waals surface area contributed by atoms with Crippen molar-refractivity contribution in [2.24, 2.45) is 0 Å². The Labute approximate surface area is 127 Å². The van der Waals surface area contributed by atoms with Crippen molar-refractivity contribution in [2.45, 2.75) is 5.92 Å². The number of allylic oxidation sites excluding steroid dienone is 7. The highest BCUT2D eigenvalue weighted by molar-refractivity contribution is 6.32. The summed E-state index contributed by atoms with van der Waals surface area (Å²) >= 11 is 0. The minimum atomic E-state index is -0.573. The molecular weight excluding hydrogens is 278 g/mol. The van der Waals surface area contributed by atoms with Crippen LogP contribution in [0.15, 0.2) is 72.4 Å². The van der Waals surface area contributed by atoms with E-state index >= 15 is 0 Å². The Bertz CT molecular complexity index is 752. The molecule has 1 amide bonds. The lowest BCUT2D eigenvalue weighted by Gasteiger charge is -2.10. The molecule has 0 heterocycles. The monoisotopic (exact) mass is 291 g/mol. The number of hydrogen-bond donors (Lipinski definition) is 1. The average molecular weight is 291 g/mol. The van der Waals surface area contributed by atoms with Gasteiger partial charge in [0.25, 0.3) is 5.91 Å². The number of benzene rings is 1. The van der Waals surface area contributed by atoms with Crippen LogP contribution in [0.4, 0.5) is 5.69 Å². The number of amides is 1. The number of carbonyl (C=O) groups is 3. The fourth-order valence-electron chi connectivity index (χ4n) is 2.33. The first kappa shape index (κ1) is 13.9. The maximum Gasteiger partial charge on any atom is 0.259 e. The topological polar surface area (TPSA) is 63.2 Å². The summed E-state index contributed by atoms with van der Waals surface area (Å²) in [6.07, 6.45) is 11.5. The van der Waals surface area contributed by atoms with E-state index in [4.69, 9.17) is 0 Å². The summed E-state index contributed by atoms with van der Waals surface area (Å²) in [5.74, 6) is -1.14. The van der Waals surface area contributed by atoms with Crippen LogP contribution < -0.4 is 5.32 Å². The minimum Gasteiger partial charge on any atom is -0.322 e. The summed E-state index contributed by atoms with van der Waals surface area (Å²) in [5.41, 5.74) is 1.56. The fourth-order valence-corrected chi connectivity index (χ4v) is 2.33. The highest BCUT2D eigenvalue weighted by atomic mass is 16.2. The first-order valence-corrected chi connectivity index (χ1v) is 6.88. The first-order valence-electron chi connectivity index (χ1n) is 6.88. The number of rotatable bonds is 3. The second kappa shape index (κ2) is 5.77. The summed E-state index contributed by atoms with van der Waals surface area (Å²) in [7, 11) is 0. The van der Waals surface area contributed by atoms with Crippen LogP contribution in [0.1, 0.15) is 11.5 Å². The largest absolute Gasteiger partial charge is 0.322 e. The van der Waals surface area contributed by atoms with Crippen molar-refractivity contribution in [3.05, 3.63) is 77.9 Å². The maximum absolute atomic E-state index is 12.1. The Morgan fingerprint density at radius 3 is 2.32 bits per heavy atom. The lowest BCUT2D eigenvalue weighted by molar-refractivity contribution is -0.119. The van der Waals surface area contributed by atoms with Gasteiger partial charge in [-0.1, -0.05) is 36.4 Å². The Morgan fingerprint density at radius 1 is 0.955 bits per heavy atom. The standard InChI is InChI=1S/C18H13NO3/c20-15-9-10-17(21)16(11-15)18(22)19-14-7-5-13(6-8-14)12-3-1-2-4-12/h1-12H,(H,19,22). The van der Waals surface area contributed by atoms with Crippen LogP contribution >= 0.6 is 0 Å². The third-order valence-corrected chi connectivity index (χ3v) is 3.50. The normalized spacial score (nSPS) is 17.0. The van der Waals surface area contributed by atoms with Crippen molar-refractivity contribution >= 4 is 23.2 Å². The lowest BCUT2D eigenvalue weighted by atomic mass is 10.0. The highest BCUT2D eigenvalue weighted by Gasteiger charge is 2.20. The number of hydrogen-bond acceptors (Lipinski definition) is 3. The Morgan fingerprint density at radius 2 is 1.64 bits per heavy atom. The molecule has 2 aliphatic carbocycles. The zero-order valence-corrected chi connectivity index (χ0v) is 11.7. The summed E-state index contributed by atoms with van der Waals surface area (Å²) in [4.78, 5) is 34.9. The van der Waals surface area contributed by atoms with Crippen LogP contribution in [0, 0.1) is 0 Å².